The second kappa shape index (κ2) is 5.95. The maximum Gasteiger partial charge on any atom is 0.0504 e. The zero-order chi connectivity index (χ0) is 16.0. The van der Waals surface area contributed by atoms with Crippen LogP contribution in [0.15, 0.2) is 18.2 Å². The average molecular weight is 311 g/mol. The van der Waals surface area contributed by atoms with Crippen LogP contribution in [0.2, 0.25) is 0 Å². The fourth-order valence-electron chi connectivity index (χ4n) is 4.46. The van der Waals surface area contributed by atoms with Gasteiger partial charge in [-0.25, -0.2) is 0 Å². The minimum absolute atomic E-state index is 0.785. The highest BCUT2D eigenvalue weighted by Gasteiger charge is 2.35. The Kier molecular flexibility index (Phi) is 3.94. The summed E-state index contributed by atoms with van der Waals surface area (Å²) in [6.45, 7) is 11.7. The van der Waals surface area contributed by atoms with Gasteiger partial charge in [0.15, 0.2) is 0 Å². The fourth-order valence-corrected chi connectivity index (χ4v) is 4.46. The van der Waals surface area contributed by atoms with E-state index in [1.165, 1.54) is 66.6 Å². The van der Waals surface area contributed by atoms with Crippen molar-refractivity contribution in [3.8, 4) is 0 Å². The van der Waals surface area contributed by atoms with Gasteiger partial charge in [0.1, 0.15) is 0 Å². The summed E-state index contributed by atoms with van der Waals surface area (Å²) in [6, 6.07) is 8.31. The van der Waals surface area contributed by atoms with Gasteiger partial charge in [-0.3, -0.25) is 9.80 Å². The van der Waals surface area contributed by atoms with Crippen LogP contribution < -0.4 is 0 Å². The van der Waals surface area contributed by atoms with Crippen molar-refractivity contribution in [2.24, 2.45) is 0 Å². The number of nitrogens with zero attached hydrogens (tertiary/aromatic N) is 2. The molecule has 0 radical (unpaired) electrons. The van der Waals surface area contributed by atoms with Gasteiger partial charge in [0, 0.05) is 42.8 Å². The summed E-state index contributed by atoms with van der Waals surface area (Å²) < 4.78 is 0. The summed E-state index contributed by atoms with van der Waals surface area (Å²) in [7, 11) is 0. The molecule has 0 amide bonds. The highest BCUT2D eigenvalue weighted by atomic mass is 15.3. The third-order valence-electron chi connectivity index (χ3n) is 6.08. The maximum atomic E-state index is 3.59. The molecule has 2 aliphatic rings. The highest BCUT2D eigenvalue weighted by molar-refractivity contribution is 5.87. The molecular formula is C20H29N3. The van der Waals surface area contributed by atoms with E-state index in [9.17, 15) is 0 Å². The Morgan fingerprint density at radius 2 is 2.00 bits per heavy atom. The molecule has 0 spiro atoms. The summed E-state index contributed by atoms with van der Waals surface area (Å²) in [5.41, 5.74) is 5.49. The van der Waals surface area contributed by atoms with Crippen LogP contribution in [-0.2, 0) is 6.54 Å². The molecule has 4 rings (SSSR count). The van der Waals surface area contributed by atoms with Crippen LogP contribution in [0.4, 0.5) is 0 Å². The number of piperidine rings is 1. The minimum atomic E-state index is 0.785. The van der Waals surface area contributed by atoms with E-state index in [0.29, 0.717) is 0 Å². The topological polar surface area (TPSA) is 22.3 Å². The molecule has 3 heterocycles. The Bertz CT molecular complexity index is 696. The van der Waals surface area contributed by atoms with E-state index in [4.69, 9.17) is 0 Å². The van der Waals surface area contributed by atoms with Gasteiger partial charge >= 0.3 is 0 Å². The molecule has 1 atom stereocenters. The molecule has 0 saturated carbocycles. The molecule has 1 N–H and O–H groups in total. The lowest BCUT2D eigenvalue weighted by Crippen LogP contribution is -2.61. The summed E-state index contributed by atoms with van der Waals surface area (Å²) in [5, 5.41) is 1.39. The summed E-state index contributed by atoms with van der Waals surface area (Å²) >= 11 is 0. The van der Waals surface area contributed by atoms with Crippen LogP contribution in [-0.4, -0.2) is 46.5 Å². The number of H-pyrrole nitrogens is 1. The molecule has 23 heavy (non-hydrogen) atoms. The largest absolute Gasteiger partial charge is 0.358 e. The van der Waals surface area contributed by atoms with E-state index in [1.54, 1.807) is 0 Å². The number of para-hydroxylation sites is 1. The smallest absolute Gasteiger partial charge is 0.0504 e. The number of benzene rings is 1. The number of aromatic amines is 1. The average Bonchev–Trinajstić information content (AvgIpc) is 2.80. The van der Waals surface area contributed by atoms with E-state index >= 15 is 0 Å². The third kappa shape index (κ3) is 2.70. The Hall–Kier alpha value is -1.32. The number of rotatable bonds is 3. The monoisotopic (exact) mass is 311 g/mol. The van der Waals surface area contributed by atoms with Gasteiger partial charge in [0.2, 0.25) is 0 Å². The zero-order valence-corrected chi connectivity index (χ0v) is 14.7. The Morgan fingerprint density at radius 3 is 2.78 bits per heavy atom. The van der Waals surface area contributed by atoms with Crippen molar-refractivity contribution in [1.29, 1.82) is 0 Å². The van der Waals surface area contributed by atoms with E-state index in [0.717, 1.165) is 18.6 Å². The van der Waals surface area contributed by atoms with Crippen LogP contribution in [0.5, 0.6) is 0 Å². The van der Waals surface area contributed by atoms with Crippen LogP contribution in [0.3, 0.4) is 0 Å². The van der Waals surface area contributed by atoms with Crippen LogP contribution >= 0.6 is 0 Å². The van der Waals surface area contributed by atoms with Crippen LogP contribution in [0, 0.1) is 13.8 Å². The number of fused-ring (bicyclic) bond motifs is 1. The SMILES string of the molecule is Cc1[nH]c2c(CN3CC(N4CCCCC4C)C3)cccc2c1C. The van der Waals surface area contributed by atoms with Gasteiger partial charge < -0.3 is 4.98 Å². The molecule has 3 heteroatoms. The first-order valence-corrected chi connectivity index (χ1v) is 9.18. The van der Waals surface area contributed by atoms with Gasteiger partial charge in [-0.05, 0) is 51.3 Å². The van der Waals surface area contributed by atoms with Crippen molar-refractivity contribution in [3.63, 3.8) is 0 Å². The Labute approximate surface area is 139 Å². The first kappa shape index (κ1) is 15.2. The molecule has 2 saturated heterocycles. The fraction of sp³-hybridized carbons (Fsp3) is 0.600. The summed E-state index contributed by atoms with van der Waals surface area (Å²) in [4.78, 5) is 8.95. The molecule has 0 aliphatic carbocycles. The molecular weight excluding hydrogens is 282 g/mol. The summed E-state index contributed by atoms with van der Waals surface area (Å²) in [6.07, 6.45) is 4.19. The van der Waals surface area contributed by atoms with E-state index < -0.39 is 0 Å². The molecule has 2 fully saturated rings. The second-order valence-electron chi connectivity index (χ2n) is 7.65. The molecule has 2 aromatic rings. The highest BCUT2D eigenvalue weighted by Crippen LogP contribution is 2.28. The number of hydrogen-bond acceptors (Lipinski definition) is 2. The van der Waals surface area contributed by atoms with Gasteiger partial charge in [-0.2, -0.15) is 0 Å². The minimum Gasteiger partial charge on any atom is -0.358 e. The number of aryl methyl sites for hydroxylation is 2. The lowest BCUT2D eigenvalue weighted by molar-refractivity contribution is -0.00604. The van der Waals surface area contributed by atoms with Gasteiger partial charge in [0.05, 0.1) is 5.52 Å². The molecule has 0 bridgehead atoms. The molecule has 124 valence electrons. The molecule has 1 aromatic heterocycles. The quantitative estimate of drug-likeness (QED) is 0.930. The first-order valence-electron chi connectivity index (χ1n) is 9.18. The molecule has 2 aliphatic heterocycles. The normalized spacial score (nSPS) is 24.2. The van der Waals surface area contributed by atoms with Crippen LogP contribution in [0.1, 0.15) is 43.0 Å². The maximum absolute atomic E-state index is 3.59. The zero-order valence-electron chi connectivity index (χ0n) is 14.7. The number of likely N-dealkylation sites (tertiary alicyclic amines) is 2. The van der Waals surface area contributed by atoms with Gasteiger partial charge in [0.25, 0.3) is 0 Å². The summed E-state index contributed by atoms with van der Waals surface area (Å²) in [5.74, 6) is 0. The molecule has 1 unspecified atom stereocenters. The Morgan fingerprint density at radius 1 is 1.17 bits per heavy atom. The molecule has 3 nitrogen and oxygen atoms in total. The number of hydrogen-bond donors (Lipinski definition) is 1. The first-order chi connectivity index (χ1) is 11.1. The van der Waals surface area contributed by atoms with E-state index in [2.05, 4.69) is 53.8 Å². The van der Waals surface area contributed by atoms with Gasteiger partial charge in [-0.1, -0.05) is 24.6 Å². The van der Waals surface area contributed by atoms with Gasteiger partial charge in [-0.15, -0.1) is 0 Å². The van der Waals surface area contributed by atoms with Crippen molar-refractivity contribution in [2.45, 2.75) is 58.7 Å². The predicted molar refractivity (Wildman–Crippen MR) is 96.9 cm³/mol. The lowest BCUT2D eigenvalue weighted by atomic mass is 9.97. The number of nitrogens with one attached hydrogen (secondary N) is 1. The van der Waals surface area contributed by atoms with Crippen molar-refractivity contribution >= 4 is 10.9 Å². The lowest BCUT2D eigenvalue weighted by Gasteiger charge is -2.49. The standard InChI is InChI=1S/C20H29N3/c1-14-7-4-5-10-23(14)18-12-22(13-18)11-17-8-6-9-19-15(2)16(3)21-20(17)19/h6,8-9,14,18,21H,4-5,7,10-13H2,1-3H3. The molecule has 1 aromatic carbocycles. The van der Waals surface area contributed by atoms with E-state index in [1.807, 2.05) is 0 Å². The van der Waals surface area contributed by atoms with Crippen molar-refractivity contribution < 1.29 is 0 Å². The third-order valence-corrected chi connectivity index (χ3v) is 6.08. The van der Waals surface area contributed by atoms with Crippen molar-refractivity contribution in [2.75, 3.05) is 19.6 Å². The Balaban J connectivity index is 1.44. The van der Waals surface area contributed by atoms with Crippen LogP contribution in [0.25, 0.3) is 10.9 Å². The number of aromatic nitrogens is 1. The van der Waals surface area contributed by atoms with Crippen molar-refractivity contribution in [1.82, 2.24) is 14.8 Å². The van der Waals surface area contributed by atoms with Crippen molar-refractivity contribution in [3.05, 3.63) is 35.0 Å². The predicted octanol–water partition coefficient (Wildman–Crippen LogP) is 3.84. The van der Waals surface area contributed by atoms with E-state index in [-0.39, 0.29) is 0 Å². The second-order valence-corrected chi connectivity index (χ2v) is 7.65.